The fraction of sp³-hybridized carbons (Fsp3) is 0.900. The van der Waals surface area contributed by atoms with Crippen molar-refractivity contribution < 1.29 is 9.90 Å². The Kier molecular flexibility index (Phi) is 3.89. The molecular formula is C10H20N2O2. The molecule has 0 saturated carbocycles. The molecule has 4 heteroatoms. The van der Waals surface area contributed by atoms with Gasteiger partial charge in [-0.15, -0.1) is 0 Å². The molecule has 0 radical (unpaired) electrons. The van der Waals surface area contributed by atoms with Crippen LogP contribution in [0.5, 0.6) is 0 Å². The Labute approximate surface area is 85.1 Å². The molecule has 0 bridgehead atoms. The van der Waals surface area contributed by atoms with E-state index in [9.17, 15) is 9.90 Å². The fourth-order valence-electron chi connectivity index (χ4n) is 2.01. The van der Waals surface area contributed by atoms with Gasteiger partial charge in [-0.25, -0.2) is 0 Å². The number of carbonyl (C=O) groups excluding carboxylic acids is 1. The van der Waals surface area contributed by atoms with Gasteiger partial charge < -0.3 is 10.8 Å². The molecule has 3 N–H and O–H groups in total. The molecule has 1 aliphatic heterocycles. The molecule has 1 fully saturated rings. The molecule has 14 heavy (non-hydrogen) atoms. The number of primary amides is 1. The van der Waals surface area contributed by atoms with Gasteiger partial charge in [-0.1, -0.05) is 0 Å². The Balaban J connectivity index is 2.50. The predicted octanol–water partition coefficient (Wildman–Crippen LogP) is -0.0470. The molecule has 1 amide bonds. The van der Waals surface area contributed by atoms with E-state index in [4.69, 9.17) is 5.73 Å². The molecule has 0 aliphatic carbocycles. The van der Waals surface area contributed by atoms with Gasteiger partial charge in [0.2, 0.25) is 5.91 Å². The lowest BCUT2D eigenvalue weighted by molar-refractivity contribution is -0.124. The predicted molar refractivity (Wildman–Crippen MR) is 54.6 cm³/mol. The lowest BCUT2D eigenvalue weighted by Crippen LogP contribution is -2.48. The van der Waals surface area contributed by atoms with Gasteiger partial charge in [0.25, 0.3) is 0 Å². The summed E-state index contributed by atoms with van der Waals surface area (Å²) in [5, 5.41) is 9.29. The third-order valence-corrected chi connectivity index (χ3v) is 2.91. The summed E-state index contributed by atoms with van der Waals surface area (Å²) in [6, 6.07) is 0.445. The van der Waals surface area contributed by atoms with Crippen LogP contribution >= 0.6 is 0 Å². The van der Waals surface area contributed by atoms with Gasteiger partial charge in [0.1, 0.15) is 0 Å². The van der Waals surface area contributed by atoms with Gasteiger partial charge in [-0.2, -0.15) is 0 Å². The third-order valence-electron chi connectivity index (χ3n) is 2.91. The zero-order chi connectivity index (χ0) is 10.7. The Hall–Kier alpha value is -0.610. The van der Waals surface area contributed by atoms with E-state index in [0.29, 0.717) is 19.1 Å². The number of amides is 1. The van der Waals surface area contributed by atoms with E-state index >= 15 is 0 Å². The first-order valence-corrected chi connectivity index (χ1v) is 5.22. The fourth-order valence-corrected chi connectivity index (χ4v) is 2.01. The molecule has 0 aromatic heterocycles. The number of nitrogens with two attached hydrogens (primary N) is 1. The van der Waals surface area contributed by atoms with E-state index < -0.39 is 0 Å². The van der Waals surface area contributed by atoms with Crippen molar-refractivity contribution in [3.05, 3.63) is 0 Å². The molecule has 0 aromatic rings. The summed E-state index contributed by atoms with van der Waals surface area (Å²) in [5.41, 5.74) is 5.28. The second kappa shape index (κ2) is 4.75. The standard InChI is InChI=1S/C10H20N2O2/c1-7-3-4-9(10(11)14)6-12(7)5-8(2)13/h7-9,13H,3-6H2,1-2H3,(H2,11,14)/t7?,8-,9?/m1/s1. The molecule has 2 unspecified atom stereocenters. The summed E-state index contributed by atoms with van der Waals surface area (Å²) in [6.45, 7) is 5.21. The van der Waals surface area contributed by atoms with Crippen LogP contribution in [0.1, 0.15) is 26.7 Å². The average molecular weight is 200 g/mol. The number of piperidine rings is 1. The molecule has 82 valence electrons. The maximum absolute atomic E-state index is 11.0. The van der Waals surface area contributed by atoms with Crippen molar-refractivity contribution in [1.29, 1.82) is 0 Å². The normalized spacial score (nSPS) is 31.4. The van der Waals surface area contributed by atoms with Crippen LogP contribution in [-0.4, -0.2) is 41.1 Å². The monoisotopic (exact) mass is 200 g/mol. The zero-order valence-electron chi connectivity index (χ0n) is 8.94. The Morgan fingerprint density at radius 1 is 1.64 bits per heavy atom. The minimum Gasteiger partial charge on any atom is -0.392 e. The summed E-state index contributed by atoms with van der Waals surface area (Å²) in [5.74, 6) is -0.252. The number of rotatable bonds is 3. The molecule has 1 heterocycles. The van der Waals surface area contributed by atoms with E-state index in [2.05, 4.69) is 11.8 Å². The number of nitrogens with zero attached hydrogens (tertiary/aromatic N) is 1. The van der Waals surface area contributed by atoms with Gasteiger partial charge >= 0.3 is 0 Å². The van der Waals surface area contributed by atoms with Gasteiger partial charge in [-0.05, 0) is 26.7 Å². The average Bonchev–Trinajstić information content (AvgIpc) is 2.07. The second-order valence-corrected chi connectivity index (χ2v) is 4.33. The Morgan fingerprint density at radius 3 is 2.79 bits per heavy atom. The van der Waals surface area contributed by atoms with Crippen LogP contribution in [0.15, 0.2) is 0 Å². The maximum atomic E-state index is 11.0. The highest BCUT2D eigenvalue weighted by atomic mass is 16.3. The van der Waals surface area contributed by atoms with E-state index in [1.54, 1.807) is 6.92 Å². The molecule has 0 aromatic carbocycles. The van der Waals surface area contributed by atoms with E-state index in [1.807, 2.05) is 0 Å². The van der Waals surface area contributed by atoms with E-state index in [0.717, 1.165) is 12.8 Å². The van der Waals surface area contributed by atoms with Crippen LogP contribution in [0.3, 0.4) is 0 Å². The van der Waals surface area contributed by atoms with Gasteiger partial charge in [-0.3, -0.25) is 9.69 Å². The number of β-amino-alcohol motifs (C(OH)–C–C–N with tert-alkyl or cyclic N) is 1. The summed E-state index contributed by atoms with van der Waals surface area (Å²) >= 11 is 0. The van der Waals surface area contributed by atoms with E-state index in [-0.39, 0.29) is 17.9 Å². The number of hydrogen-bond donors (Lipinski definition) is 2. The Bertz CT molecular complexity index is 206. The summed E-state index contributed by atoms with van der Waals surface area (Å²) in [4.78, 5) is 13.2. The van der Waals surface area contributed by atoms with Gasteiger partial charge in [0.15, 0.2) is 0 Å². The van der Waals surface area contributed by atoms with Crippen molar-refractivity contribution in [3.8, 4) is 0 Å². The maximum Gasteiger partial charge on any atom is 0.221 e. The van der Waals surface area contributed by atoms with Crippen LogP contribution in [0.4, 0.5) is 0 Å². The first-order valence-electron chi connectivity index (χ1n) is 5.22. The van der Waals surface area contributed by atoms with Crippen LogP contribution < -0.4 is 5.73 Å². The van der Waals surface area contributed by atoms with Gasteiger partial charge in [0.05, 0.1) is 12.0 Å². The van der Waals surface area contributed by atoms with Crippen LogP contribution in [-0.2, 0) is 4.79 Å². The number of aliphatic hydroxyl groups excluding tert-OH is 1. The smallest absolute Gasteiger partial charge is 0.221 e. The second-order valence-electron chi connectivity index (χ2n) is 4.33. The number of aliphatic hydroxyl groups is 1. The summed E-state index contributed by atoms with van der Waals surface area (Å²) in [6.07, 6.45) is 1.52. The van der Waals surface area contributed by atoms with Crippen molar-refractivity contribution in [2.45, 2.75) is 38.8 Å². The molecule has 3 atom stereocenters. The summed E-state index contributed by atoms with van der Waals surface area (Å²) in [7, 11) is 0. The van der Waals surface area contributed by atoms with Crippen LogP contribution in [0, 0.1) is 5.92 Å². The van der Waals surface area contributed by atoms with Gasteiger partial charge in [0, 0.05) is 19.1 Å². The first kappa shape index (κ1) is 11.5. The lowest BCUT2D eigenvalue weighted by Gasteiger charge is -2.37. The van der Waals surface area contributed by atoms with Crippen molar-refractivity contribution in [3.63, 3.8) is 0 Å². The number of likely N-dealkylation sites (tertiary alicyclic amines) is 1. The largest absolute Gasteiger partial charge is 0.392 e. The summed E-state index contributed by atoms with van der Waals surface area (Å²) < 4.78 is 0. The highest BCUT2D eigenvalue weighted by Crippen LogP contribution is 2.21. The molecular weight excluding hydrogens is 180 g/mol. The lowest BCUT2D eigenvalue weighted by atomic mass is 9.93. The SMILES string of the molecule is CC1CCC(C(N)=O)CN1C[C@@H](C)O. The van der Waals surface area contributed by atoms with Crippen molar-refractivity contribution in [2.24, 2.45) is 11.7 Å². The quantitative estimate of drug-likeness (QED) is 0.671. The minimum absolute atomic E-state index is 0.0371. The number of carbonyl (C=O) groups is 1. The van der Waals surface area contributed by atoms with Crippen molar-refractivity contribution in [2.75, 3.05) is 13.1 Å². The first-order chi connectivity index (χ1) is 6.50. The van der Waals surface area contributed by atoms with Crippen LogP contribution in [0.2, 0.25) is 0 Å². The highest BCUT2D eigenvalue weighted by Gasteiger charge is 2.28. The molecule has 1 rings (SSSR count). The molecule has 1 saturated heterocycles. The van der Waals surface area contributed by atoms with Crippen LogP contribution in [0.25, 0.3) is 0 Å². The van der Waals surface area contributed by atoms with E-state index in [1.165, 1.54) is 0 Å². The Morgan fingerprint density at radius 2 is 2.29 bits per heavy atom. The zero-order valence-corrected chi connectivity index (χ0v) is 8.94. The molecule has 1 aliphatic rings. The molecule has 0 spiro atoms. The highest BCUT2D eigenvalue weighted by molar-refractivity contribution is 5.76. The van der Waals surface area contributed by atoms with Crippen molar-refractivity contribution >= 4 is 5.91 Å². The van der Waals surface area contributed by atoms with Crippen molar-refractivity contribution in [1.82, 2.24) is 4.90 Å². The number of hydrogen-bond acceptors (Lipinski definition) is 3. The molecule has 4 nitrogen and oxygen atoms in total. The minimum atomic E-state index is -0.343. The topological polar surface area (TPSA) is 66.6 Å². The third kappa shape index (κ3) is 2.96.